The third kappa shape index (κ3) is 1.40. The number of nitrogen functional groups attached to an aromatic ring is 1. The van der Waals surface area contributed by atoms with Crippen molar-refractivity contribution >= 4 is 23.3 Å². The smallest absolute Gasteiger partial charge is 0.332 e. The zero-order valence-corrected chi connectivity index (χ0v) is 10.2. The van der Waals surface area contributed by atoms with Crippen molar-refractivity contribution in [2.45, 2.75) is 25.8 Å². The van der Waals surface area contributed by atoms with Gasteiger partial charge in [-0.15, -0.1) is 0 Å². The van der Waals surface area contributed by atoms with E-state index >= 15 is 0 Å². The van der Waals surface area contributed by atoms with E-state index in [2.05, 4.69) is 0 Å². The van der Waals surface area contributed by atoms with Crippen LogP contribution in [0.3, 0.4) is 0 Å². The Morgan fingerprint density at radius 2 is 2.11 bits per heavy atom. The van der Waals surface area contributed by atoms with Crippen molar-refractivity contribution < 1.29 is 9.59 Å². The summed E-state index contributed by atoms with van der Waals surface area (Å²) < 4.78 is 0. The monoisotopic (exact) mass is 245 g/mol. The molecule has 5 heteroatoms. The summed E-state index contributed by atoms with van der Waals surface area (Å²) in [4.78, 5) is 27.5. The topological polar surface area (TPSA) is 66.6 Å². The number of amides is 3. The fourth-order valence-corrected chi connectivity index (χ4v) is 2.71. The average Bonchev–Trinajstić information content (AvgIpc) is 2.89. The molecule has 5 nitrogen and oxygen atoms in total. The number of anilines is 2. The molecule has 2 saturated heterocycles. The molecule has 1 aromatic carbocycles. The lowest BCUT2D eigenvalue weighted by molar-refractivity contribution is -0.119. The Labute approximate surface area is 105 Å². The summed E-state index contributed by atoms with van der Waals surface area (Å²) in [5.41, 5.74) is 7.79. The van der Waals surface area contributed by atoms with E-state index < -0.39 is 0 Å². The molecule has 1 aromatic rings. The lowest BCUT2D eigenvalue weighted by Gasteiger charge is -2.18. The minimum Gasteiger partial charge on any atom is -0.399 e. The number of carbonyl (C=O) groups is 2. The molecule has 0 unspecified atom stereocenters. The summed E-state index contributed by atoms with van der Waals surface area (Å²) in [7, 11) is 0. The fraction of sp³-hybridized carbons (Fsp3) is 0.385. The van der Waals surface area contributed by atoms with Crippen molar-refractivity contribution in [2.75, 3.05) is 17.2 Å². The Kier molecular flexibility index (Phi) is 2.29. The van der Waals surface area contributed by atoms with Crippen molar-refractivity contribution in [1.29, 1.82) is 0 Å². The first-order valence-electron chi connectivity index (χ1n) is 6.10. The highest BCUT2D eigenvalue weighted by atomic mass is 16.2. The number of nitrogens with zero attached hydrogens (tertiary/aromatic N) is 2. The van der Waals surface area contributed by atoms with E-state index in [0.29, 0.717) is 17.9 Å². The highest BCUT2D eigenvalue weighted by Crippen LogP contribution is 2.33. The highest BCUT2D eigenvalue weighted by Gasteiger charge is 2.48. The third-order valence-corrected chi connectivity index (χ3v) is 3.67. The number of imide groups is 1. The van der Waals surface area contributed by atoms with Crippen molar-refractivity contribution in [3.63, 3.8) is 0 Å². The summed E-state index contributed by atoms with van der Waals surface area (Å²) >= 11 is 0. The summed E-state index contributed by atoms with van der Waals surface area (Å²) in [5, 5.41) is 0. The Bertz CT molecular complexity index is 519. The van der Waals surface area contributed by atoms with Crippen molar-refractivity contribution in [2.24, 2.45) is 0 Å². The van der Waals surface area contributed by atoms with Crippen LogP contribution < -0.4 is 10.6 Å². The van der Waals surface area contributed by atoms with E-state index in [9.17, 15) is 9.59 Å². The lowest BCUT2D eigenvalue weighted by Crippen LogP contribution is -2.33. The van der Waals surface area contributed by atoms with Crippen molar-refractivity contribution in [1.82, 2.24) is 4.90 Å². The van der Waals surface area contributed by atoms with Crippen LogP contribution in [0.1, 0.15) is 18.4 Å². The van der Waals surface area contributed by atoms with Crippen LogP contribution in [0, 0.1) is 6.92 Å². The Morgan fingerprint density at radius 1 is 1.33 bits per heavy atom. The molecule has 2 aliphatic heterocycles. The van der Waals surface area contributed by atoms with Crippen LogP contribution in [-0.4, -0.2) is 29.4 Å². The fourth-order valence-electron chi connectivity index (χ4n) is 2.71. The first-order chi connectivity index (χ1) is 8.59. The molecule has 2 N–H and O–H groups in total. The van der Waals surface area contributed by atoms with Crippen LogP contribution in [-0.2, 0) is 4.79 Å². The van der Waals surface area contributed by atoms with Gasteiger partial charge >= 0.3 is 6.03 Å². The van der Waals surface area contributed by atoms with Gasteiger partial charge < -0.3 is 10.6 Å². The Morgan fingerprint density at radius 3 is 2.83 bits per heavy atom. The van der Waals surface area contributed by atoms with Crippen molar-refractivity contribution in [3.8, 4) is 0 Å². The average molecular weight is 245 g/mol. The number of hydrogen-bond donors (Lipinski definition) is 1. The molecular weight excluding hydrogens is 230 g/mol. The van der Waals surface area contributed by atoms with Crippen LogP contribution in [0.4, 0.5) is 16.2 Å². The van der Waals surface area contributed by atoms with Gasteiger partial charge in [0, 0.05) is 12.2 Å². The normalized spacial score (nSPS) is 22.8. The second-order valence-electron chi connectivity index (χ2n) is 4.85. The minimum absolute atomic E-state index is 0.119. The van der Waals surface area contributed by atoms with Crippen molar-refractivity contribution in [3.05, 3.63) is 23.8 Å². The van der Waals surface area contributed by atoms with Crippen LogP contribution in [0.15, 0.2) is 18.2 Å². The minimum atomic E-state index is -0.265. The second-order valence-corrected chi connectivity index (χ2v) is 4.85. The highest BCUT2D eigenvalue weighted by molar-refractivity contribution is 6.22. The van der Waals surface area contributed by atoms with Crippen LogP contribution in [0.2, 0.25) is 0 Å². The van der Waals surface area contributed by atoms with Gasteiger partial charge in [-0.1, -0.05) is 6.07 Å². The van der Waals surface area contributed by atoms with Gasteiger partial charge in [-0.2, -0.15) is 0 Å². The zero-order valence-electron chi connectivity index (χ0n) is 10.2. The van der Waals surface area contributed by atoms with Crippen LogP contribution in [0.5, 0.6) is 0 Å². The maximum Gasteiger partial charge on any atom is 0.332 e. The molecule has 18 heavy (non-hydrogen) atoms. The predicted molar refractivity (Wildman–Crippen MR) is 68.2 cm³/mol. The molecule has 3 rings (SSSR count). The molecule has 2 aliphatic rings. The number of fused-ring (bicyclic) bond motifs is 1. The molecule has 0 aliphatic carbocycles. The molecule has 2 heterocycles. The third-order valence-electron chi connectivity index (χ3n) is 3.67. The second kappa shape index (κ2) is 3.73. The zero-order chi connectivity index (χ0) is 12.9. The van der Waals surface area contributed by atoms with Gasteiger partial charge in [0.25, 0.3) is 5.91 Å². The lowest BCUT2D eigenvalue weighted by atomic mass is 10.1. The summed E-state index contributed by atoms with van der Waals surface area (Å²) in [5.74, 6) is -0.119. The van der Waals surface area contributed by atoms with E-state index in [-0.39, 0.29) is 18.0 Å². The summed E-state index contributed by atoms with van der Waals surface area (Å²) in [6.07, 6.45) is 1.67. The number of urea groups is 1. The van der Waals surface area contributed by atoms with Gasteiger partial charge in [0.05, 0.1) is 5.69 Å². The predicted octanol–water partition coefficient (Wildman–Crippen LogP) is 1.51. The Hall–Kier alpha value is -2.04. The van der Waals surface area contributed by atoms with Gasteiger partial charge in [-0.25, -0.2) is 9.69 Å². The molecule has 0 spiro atoms. The summed E-state index contributed by atoms with van der Waals surface area (Å²) in [6, 6.07) is 4.81. The number of benzene rings is 1. The quantitative estimate of drug-likeness (QED) is 0.602. The van der Waals surface area contributed by atoms with Crippen LogP contribution >= 0.6 is 0 Å². The maximum atomic E-state index is 12.3. The van der Waals surface area contributed by atoms with Gasteiger partial charge in [-0.3, -0.25) is 4.79 Å². The molecule has 3 amide bonds. The number of aryl methyl sites for hydroxylation is 1. The van der Waals surface area contributed by atoms with Gasteiger partial charge in [0.15, 0.2) is 0 Å². The number of carbonyl (C=O) groups excluding carboxylic acids is 2. The molecular formula is C13H15N3O2. The number of nitrogens with two attached hydrogens (primary N) is 1. The molecule has 2 fully saturated rings. The first kappa shape index (κ1) is 11.1. The first-order valence-corrected chi connectivity index (χ1v) is 6.10. The Balaban J connectivity index is 2.05. The van der Waals surface area contributed by atoms with E-state index in [1.807, 2.05) is 13.0 Å². The number of hydrogen-bond acceptors (Lipinski definition) is 3. The van der Waals surface area contributed by atoms with Gasteiger partial charge in [-0.05, 0) is 37.5 Å². The molecule has 0 radical (unpaired) electrons. The van der Waals surface area contributed by atoms with E-state index in [4.69, 9.17) is 5.73 Å². The molecule has 0 saturated carbocycles. The number of rotatable bonds is 1. The summed E-state index contributed by atoms with van der Waals surface area (Å²) in [6.45, 7) is 2.55. The molecule has 0 aromatic heterocycles. The van der Waals surface area contributed by atoms with Gasteiger partial charge in [0.2, 0.25) is 0 Å². The largest absolute Gasteiger partial charge is 0.399 e. The van der Waals surface area contributed by atoms with E-state index in [0.717, 1.165) is 18.4 Å². The molecule has 1 atom stereocenters. The SMILES string of the molecule is Cc1ccc(N)cc1N1C(=O)[C@H]2CCCN2C1=O. The standard InChI is InChI=1S/C13H15N3O2/c1-8-4-5-9(14)7-11(8)16-12(17)10-3-2-6-15(10)13(16)18/h4-5,7,10H,2-3,6,14H2,1H3/t10-/m1/s1. The van der Waals surface area contributed by atoms with Gasteiger partial charge in [0.1, 0.15) is 6.04 Å². The molecule has 0 bridgehead atoms. The maximum absolute atomic E-state index is 12.3. The van der Waals surface area contributed by atoms with Crippen LogP contribution in [0.25, 0.3) is 0 Å². The van der Waals surface area contributed by atoms with E-state index in [1.54, 1.807) is 17.0 Å². The molecule has 94 valence electrons. The van der Waals surface area contributed by atoms with E-state index in [1.165, 1.54) is 4.90 Å².